The van der Waals surface area contributed by atoms with Crippen LogP contribution in [0, 0.1) is 0 Å². The largest absolute Gasteiger partial charge is 0.309 e. The summed E-state index contributed by atoms with van der Waals surface area (Å²) < 4.78 is 4.87. The molecule has 0 saturated carbocycles. The molecule has 0 atom stereocenters. The molecule has 0 spiro atoms. The maximum absolute atomic E-state index is 2.43. The van der Waals surface area contributed by atoms with Gasteiger partial charge in [0.1, 0.15) is 0 Å². The van der Waals surface area contributed by atoms with Crippen LogP contribution in [0.15, 0.2) is 267 Å². The van der Waals surface area contributed by atoms with Crippen molar-refractivity contribution in [3.63, 3.8) is 0 Å². The lowest BCUT2D eigenvalue weighted by molar-refractivity contribution is 1.18. The minimum Gasteiger partial charge on any atom is -0.309 e. The normalized spacial score (nSPS) is 11.5. The van der Waals surface area contributed by atoms with Crippen molar-refractivity contribution in [2.75, 3.05) is 0 Å². The topological polar surface area (TPSA) is 9.86 Å². The molecule has 13 aromatic rings. The molecule has 0 aliphatic carbocycles. The van der Waals surface area contributed by atoms with Gasteiger partial charge >= 0.3 is 0 Å². The molecule has 0 aliphatic heterocycles. The second kappa shape index (κ2) is 16.5. The number of hydrogen-bond acceptors (Lipinski definition) is 0. The second-order valence-electron chi connectivity index (χ2n) is 17.7. The Hall–Kier alpha value is -8.98. The van der Waals surface area contributed by atoms with E-state index < -0.39 is 0 Å². The third-order valence-electron chi connectivity index (χ3n) is 13.7. The molecule has 2 aromatic heterocycles. The monoisotopic (exact) mass is 864 g/mol. The summed E-state index contributed by atoms with van der Waals surface area (Å²) in [5.74, 6) is 0. The molecule has 0 saturated heterocycles. The van der Waals surface area contributed by atoms with Crippen molar-refractivity contribution in [3.05, 3.63) is 267 Å². The lowest BCUT2D eigenvalue weighted by Crippen LogP contribution is -1.94. The molecule has 2 heterocycles. The Morgan fingerprint density at radius 1 is 0.191 bits per heavy atom. The van der Waals surface area contributed by atoms with E-state index in [-0.39, 0.29) is 0 Å². The summed E-state index contributed by atoms with van der Waals surface area (Å²) in [6.45, 7) is 0. The molecular formula is C66H44N2. The van der Waals surface area contributed by atoms with E-state index in [9.17, 15) is 0 Å². The van der Waals surface area contributed by atoms with Crippen molar-refractivity contribution in [2.45, 2.75) is 0 Å². The summed E-state index contributed by atoms with van der Waals surface area (Å²) in [6.07, 6.45) is 0. The highest BCUT2D eigenvalue weighted by molar-refractivity contribution is 6.22. The standard InChI is InChI=1S/C66H44N2/c1-3-16-45(17-4-1)50-20-11-22-52(42-50)53-23-12-21-51(43-53)49-36-34-47(35-37-49)48-38-40-55(41-39-48)67-61-30-9-7-26-59(61)65-57(28-14-32-63(65)67)58-29-15-33-64-66(58)60-27-8-10-31-62(60)68(64)56-25-13-24-54(44-56)46-18-5-2-6-19-46/h1-44H. The van der Waals surface area contributed by atoms with E-state index in [1.807, 2.05) is 0 Å². The van der Waals surface area contributed by atoms with Gasteiger partial charge < -0.3 is 9.13 Å². The Bertz CT molecular complexity index is 3990. The number of aromatic nitrogens is 2. The summed E-state index contributed by atoms with van der Waals surface area (Å²) >= 11 is 0. The predicted molar refractivity (Wildman–Crippen MR) is 288 cm³/mol. The minimum absolute atomic E-state index is 1.13. The molecule has 0 unspecified atom stereocenters. The summed E-state index contributed by atoms with van der Waals surface area (Å²) in [7, 11) is 0. The Morgan fingerprint density at radius 2 is 0.515 bits per heavy atom. The van der Waals surface area contributed by atoms with E-state index in [1.165, 1.54) is 110 Å². The molecule has 0 bridgehead atoms. The fourth-order valence-corrected chi connectivity index (χ4v) is 10.5. The molecule has 0 amide bonds. The first-order valence-electron chi connectivity index (χ1n) is 23.4. The first-order chi connectivity index (χ1) is 33.7. The summed E-state index contributed by atoms with van der Waals surface area (Å²) in [4.78, 5) is 0. The van der Waals surface area contributed by atoms with E-state index >= 15 is 0 Å². The van der Waals surface area contributed by atoms with Crippen LogP contribution in [0.25, 0.3) is 122 Å². The molecule has 318 valence electrons. The zero-order valence-corrected chi connectivity index (χ0v) is 37.3. The fourth-order valence-electron chi connectivity index (χ4n) is 10.5. The van der Waals surface area contributed by atoms with Crippen LogP contribution >= 0.6 is 0 Å². The van der Waals surface area contributed by atoms with Gasteiger partial charge in [-0.1, -0.05) is 206 Å². The number of hydrogen-bond donors (Lipinski definition) is 0. The van der Waals surface area contributed by atoms with Crippen LogP contribution in [-0.2, 0) is 0 Å². The highest BCUT2D eigenvalue weighted by Gasteiger charge is 2.21. The van der Waals surface area contributed by atoms with Gasteiger partial charge in [-0.3, -0.25) is 0 Å². The third-order valence-corrected chi connectivity index (χ3v) is 13.7. The fraction of sp³-hybridized carbons (Fsp3) is 0. The number of benzene rings is 11. The SMILES string of the molecule is c1ccc(-c2cccc(-c3cccc(-c4ccc(-c5ccc(-n6c7ccccc7c7c(-c8cccc9c8c8ccccc8n9-c8cccc(-c9ccccc9)c8)cccc76)cc5)cc4)c3)c2)cc1. The Balaban J connectivity index is 0.858. The first-order valence-corrected chi connectivity index (χ1v) is 23.4. The molecule has 2 heteroatoms. The molecule has 0 fully saturated rings. The Morgan fingerprint density at radius 3 is 1.01 bits per heavy atom. The average Bonchev–Trinajstić information content (AvgIpc) is 3.95. The highest BCUT2D eigenvalue weighted by atomic mass is 15.0. The molecule has 13 rings (SSSR count). The summed E-state index contributed by atoms with van der Waals surface area (Å²) in [5.41, 5.74) is 21.6. The van der Waals surface area contributed by atoms with Crippen molar-refractivity contribution >= 4 is 43.6 Å². The van der Waals surface area contributed by atoms with Crippen LogP contribution in [0.3, 0.4) is 0 Å². The van der Waals surface area contributed by atoms with Crippen LogP contribution in [0.1, 0.15) is 0 Å². The number of rotatable bonds is 8. The van der Waals surface area contributed by atoms with Gasteiger partial charge in [-0.15, -0.1) is 0 Å². The van der Waals surface area contributed by atoms with Gasteiger partial charge in [-0.05, 0) is 127 Å². The van der Waals surface area contributed by atoms with Crippen molar-refractivity contribution < 1.29 is 0 Å². The van der Waals surface area contributed by atoms with Gasteiger partial charge in [0.15, 0.2) is 0 Å². The predicted octanol–water partition coefficient (Wildman–Crippen LogP) is 17.9. The lowest BCUT2D eigenvalue weighted by Gasteiger charge is -2.12. The molecule has 0 radical (unpaired) electrons. The highest BCUT2D eigenvalue weighted by Crippen LogP contribution is 2.44. The zero-order chi connectivity index (χ0) is 45.0. The van der Waals surface area contributed by atoms with Crippen LogP contribution < -0.4 is 0 Å². The van der Waals surface area contributed by atoms with Crippen molar-refractivity contribution in [1.29, 1.82) is 0 Å². The van der Waals surface area contributed by atoms with Crippen LogP contribution in [0.2, 0.25) is 0 Å². The van der Waals surface area contributed by atoms with Crippen LogP contribution in [0.4, 0.5) is 0 Å². The third kappa shape index (κ3) is 6.73. The second-order valence-corrected chi connectivity index (χ2v) is 17.7. The van der Waals surface area contributed by atoms with Gasteiger partial charge in [-0.2, -0.15) is 0 Å². The van der Waals surface area contributed by atoms with E-state index in [2.05, 4.69) is 276 Å². The van der Waals surface area contributed by atoms with Crippen LogP contribution in [-0.4, -0.2) is 9.13 Å². The Kier molecular flexibility index (Phi) is 9.54. The maximum Gasteiger partial charge on any atom is 0.0547 e. The molecular weight excluding hydrogens is 821 g/mol. The average molecular weight is 865 g/mol. The number of fused-ring (bicyclic) bond motifs is 6. The lowest BCUT2D eigenvalue weighted by atomic mass is 9.95. The van der Waals surface area contributed by atoms with Gasteiger partial charge in [0.25, 0.3) is 0 Å². The van der Waals surface area contributed by atoms with Gasteiger partial charge in [-0.25, -0.2) is 0 Å². The molecule has 0 N–H and O–H groups in total. The van der Waals surface area contributed by atoms with E-state index in [4.69, 9.17) is 0 Å². The molecule has 11 aromatic carbocycles. The minimum atomic E-state index is 1.13. The summed E-state index contributed by atoms with van der Waals surface area (Å²) in [6, 6.07) is 97.2. The van der Waals surface area contributed by atoms with Crippen molar-refractivity contribution in [3.8, 4) is 78.1 Å². The van der Waals surface area contributed by atoms with Gasteiger partial charge in [0, 0.05) is 32.9 Å². The van der Waals surface area contributed by atoms with Crippen molar-refractivity contribution in [1.82, 2.24) is 9.13 Å². The van der Waals surface area contributed by atoms with Crippen LogP contribution in [0.5, 0.6) is 0 Å². The first kappa shape index (κ1) is 39.4. The maximum atomic E-state index is 2.43. The molecule has 0 aliphatic rings. The zero-order valence-electron chi connectivity index (χ0n) is 37.3. The molecule has 68 heavy (non-hydrogen) atoms. The number of nitrogens with zero attached hydrogens (tertiary/aromatic N) is 2. The quantitative estimate of drug-likeness (QED) is 0.144. The van der Waals surface area contributed by atoms with Crippen molar-refractivity contribution in [2.24, 2.45) is 0 Å². The van der Waals surface area contributed by atoms with Gasteiger partial charge in [0.05, 0.1) is 22.1 Å². The van der Waals surface area contributed by atoms with E-state index in [0.717, 1.165) is 11.4 Å². The van der Waals surface area contributed by atoms with Gasteiger partial charge in [0.2, 0.25) is 0 Å². The summed E-state index contributed by atoms with van der Waals surface area (Å²) in [5, 5.41) is 4.99. The number of para-hydroxylation sites is 2. The van der Waals surface area contributed by atoms with E-state index in [1.54, 1.807) is 0 Å². The smallest absolute Gasteiger partial charge is 0.0547 e. The van der Waals surface area contributed by atoms with E-state index in [0.29, 0.717) is 0 Å². The Labute approximate surface area is 395 Å². The molecule has 2 nitrogen and oxygen atoms in total.